The largest absolute Gasteiger partial charge is 0.337 e. The Morgan fingerprint density at radius 1 is 0.972 bits per heavy atom. The molecule has 1 N–H and O–H groups in total. The average Bonchev–Trinajstić information content (AvgIpc) is 3.11. The molecule has 0 unspecified atom stereocenters. The molecule has 3 aromatic rings. The number of aromatic nitrogens is 2. The van der Waals surface area contributed by atoms with Gasteiger partial charge in [-0.15, -0.1) is 0 Å². The monoisotopic (exact) mass is 492 g/mol. The summed E-state index contributed by atoms with van der Waals surface area (Å²) in [5.74, 6) is -2.12. The number of nitrogens with zero attached hydrogens (tertiary/aromatic N) is 3. The van der Waals surface area contributed by atoms with Gasteiger partial charge in [-0.2, -0.15) is 5.10 Å². The van der Waals surface area contributed by atoms with Crippen molar-refractivity contribution in [3.63, 3.8) is 0 Å². The number of carbonyl (C=O) groups is 3. The molecule has 0 radical (unpaired) electrons. The Balaban J connectivity index is 1.52. The molecule has 2 aromatic carbocycles. The molecule has 2 heterocycles. The standard InChI is InChI=1S/C27H29FN4O4/c1-27(2,3)23(33)26(36)32-12-6-11-31(13-14-32)25(35)20-15-17(9-10-21(20)28)16-22-18-7-4-5-8-19(18)24(34)30-29-22/h4-5,7-10,15H,6,11-14,16H2,1-3H3,(H,30,34). The van der Waals surface area contributed by atoms with Crippen molar-refractivity contribution in [3.05, 3.63) is 75.5 Å². The first kappa shape index (κ1) is 25.2. The van der Waals surface area contributed by atoms with Crippen molar-refractivity contribution in [1.29, 1.82) is 0 Å². The molecule has 1 saturated heterocycles. The second-order valence-electron chi connectivity index (χ2n) is 10.1. The van der Waals surface area contributed by atoms with E-state index in [2.05, 4.69) is 10.2 Å². The van der Waals surface area contributed by atoms with Gasteiger partial charge in [0.2, 0.25) is 5.78 Å². The fraction of sp³-hybridized carbons (Fsp3) is 0.370. The minimum atomic E-state index is -0.783. The predicted octanol–water partition coefficient (Wildman–Crippen LogP) is 2.94. The summed E-state index contributed by atoms with van der Waals surface area (Å²) in [6.45, 7) is 6.21. The zero-order chi connectivity index (χ0) is 26.0. The third kappa shape index (κ3) is 5.19. The van der Waals surface area contributed by atoms with Crippen LogP contribution in [-0.4, -0.2) is 63.8 Å². The highest BCUT2D eigenvalue weighted by Gasteiger charge is 2.33. The Morgan fingerprint density at radius 3 is 2.36 bits per heavy atom. The predicted molar refractivity (Wildman–Crippen MR) is 133 cm³/mol. The molecule has 8 nitrogen and oxygen atoms in total. The van der Waals surface area contributed by atoms with Gasteiger partial charge in [0.15, 0.2) is 0 Å². The van der Waals surface area contributed by atoms with Crippen LogP contribution in [0.2, 0.25) is 0 Å². The van der Waals surface area contributed by atoms with E-state index < -0.39 is 28.8 Å². The van der Waals surface area contributed by atoms with E-state index in [1.165, 1.54) is 21.9 Å². The summed E-state index contributed by atoms with van der Waals surface area (Å²) in [6.07, 6.45) is 0.790. The number of rotatable bonds is 4. The number of ketones is 1. The van der Waals surface area contributed by atoms with Crippen molar-refractivity contribution in [3.8, 4) is 0 Å². The van der Waals surface area contributed by atoms with Crippen molar-refractivity contribution >= 4 is 28.4 Å². The van der Waals surface area contributed by atoms with E-state index in [1.54, 1.807) is 45.0 Å². The van der Waals surface area contributed by atoms with Crippen LogP contribution in [0.25, 0.3) is 10.8 Å². The van der Waals surface area contributed by atoms with Crippen molar-refractivity contribution in [2.45, 2.75) is 33.6 Å². The third-order valence-corrected chi connectivity index (χ3v) is 6.35. The average molecular weight is 493 g/mol. The summed E-state index contributed by atoms with van der Waals surface area (Å²) in [5.41, 5.74) is 0.150. The van der Waals surface area contributed by atoms with Crippen LogP contribution >= 0.6 is 0 Å². The zero-order valence-electron chi connectivity index (χ0n) is 20.6. The summed E-state index contributed by atoms with van der Waals surface area (Å²) >= 11 is 0. The molecular formula is C27H29FN4O4. The van der Waals surface area contributed by atoms with Crippen LogP contribution in [0.4, 0.5) is 4.39 Å². The van der Waals surface area contributed by atoms with Gasteiger partial charge in [0.1, 0.15) is 5.82 Å². The van der Waals surface area contributed by atoms with Gasteiger partial charge < -0.3 is 9.80 Å². The van der Waals surface area contributed by atoms with Crippen LogP contribution in [0, 0.1) is 11.2 Å². The number of benzene rings is 2. The van der Waals surface area contributed by atoms with E-state index in [-0.39, 0.29) is 24.2 Å². The Kier molecular flexibility index (Phi) is 7.01. The topological polar surface area (TPSA) is 103 Å². The number of amides is 2. The first-order valence-electron chi connectivity index (χ1n) is 11.9. The summed E-state index contributed by atoms with van der Waals surface area (Å²) in [4.78, 5) is 53.3. The van der Waals surface area contributed by atoms with Crippen LogP contribution in [0.1, 0.15) is 48.8 Å². The van der Waals surface area contributed by atoms with Gasteiger partial charge in [-0.3, -0.25) is 19.2 Å². The van der Waals surface area contributed by atoms with Gasteiger partial charge in [-0.05, 0) is 30.2 Å². The molecule has 1 aromatic heterocycles. The van der Waals surface area contributed by atoms with Crippen LogP contribution < -0.4 is 5.56 Å². The molecule has 0 aliphatic carbocycles. The maximum Gasteiger partial charge on any atom is 0.290 e. The lowest BCUT2D eigenvalue weighted by Crippen LogP contribution is -2.44. The number of hydrogen-bond acceptors (Lipinski definition) is 5. The summed E-state index contributed by atoms with van der Waals surface area (Å²) in [6, 6.07) is 11.5. The van der Waals surface area contributed by atoms with Crippen LogP contribution in [-0.2, 0) is 16.0 Å². The third-order valence-electron chi connectivity index (χ3n) is 6.35. The van der Waals surface area contributed by atoms with E-state index in [9.17, 15) is 23.6 Å². The molecule has 0 atom stereocenters. The van der Waals surface area contributed by atoms with Gasteiger partial charge in [-0.25, -0.2) is 9.49 Å². The summed E-state index contributed by atoms with van der Waals surface area (Å²) < 4.78 is 14.7. The number of Topliss-reactive ketones (excluding diaryl/α,β-unsaturated/α-hetero) is 1. The maximum absolute atomic E-state index is 14.7. The lowest BCUT2D eigenvalue weighted by Gasteiger charge is -2.24. The van der Waals surface area contributed by atoms with E-state index >= 15 is 0 Å². The van der Waals surface area contributed by atoms with Crippen LogP contribution in [0.5, 0.6) is 0 Å². The van der Waals surface area contributed by atoms with Gasteiger partial charge in [0.05, 0.1) is 16.6 Å². The summed E-state index contributed by atoms with van der Waals surface area (Å²) in [7, 11) is 0. The molecule has 1 aliphatic heterocycles. The lowest BCUT2D eigenvalue weighted by atomic mass is 9.90. The number of halogens is 1. The SMILES string of the molecule is CC(C)(C)C(=O)C(=O)N1CCCN(C(=O)c2cc(Cc3n[nH]c(=O)c4ccccc34)ccc2F)CC1. The highest BCUT2D eigenvalue weighted by atomic mass is 19.1. The summed E-state index contributed by atoms with van der Waals surface area (Å²) in [5, 5.41) is 7.86. The molecule has 188 valence electrons. The molecular weight excluding hydrogens is 463 g/mol. The lowest BCUT2D eigenvalue weighted by molar-refractivity contribution is -0.148. The fourth-order valence-corrected chi connectivity index (χ4v) is 4.30. The van der Waals surface area contributed by atoms with Gasteiger partial charge in [0, 0.05) is 43.4 Å². The number of hydrogen-bond donors (Lipinski definition) is 1. The second kappa shape index (κ2) is 10.0. The normalized spacial score (nSPS) is 14.6. The Hall–Kier alpha value is -3.88. The highest BCUT2D eigenvalue weighted by molar-refractivity contribution is 6.37. The first-order valence-corrected chi connectivity index (χ1v) is 11.9. The number of fused-ring (bicyclic) bond motifs is 1. The fourth-order valence-electron chi connectivity index (χ4n) is 4.30. The van der Waals surface area contributed by atoms with Crippen molar-refractivity contribution < 1.29 is 18.8 Å². The van der Waals surface area contributed by atoms with Gasteiger partial charge >= 0.3 is 0 Å². The van der Waals surface area contributed by atoms with Gasteiger partial charge in [0.25, 0.3) is 17.4 Å². The van der Waals surface area contributed by atoms with E-state index in [4.69, 9.17) is 0 Å². The van der Waals surface area contributed by atoms with E-state index in [0.29, 0.717) is 48.0 Å². The molecule has 9 heteroatoms. The molecule has 1 fully saturated rings. The molecule has 4 rings (SSSR count). The number of aromatic amines is 1. The van der Waals surface area contributed by atoms with Gasteiger partial charge in [-0.1, -0.05) is 45.0 Å². The van der Waals surface area contributed by atoms with E-state index in [0.717, 1.165) is 0 Å². The minimum Gasteiger partial charge on any atom is -0.337 e. The molecule has 36 heavy (non-hydrogen) atoms. The zero-order valence-corrected chi connectivity index (χ0v) is 20.6. The maximum atomic E-state index is 14.7. The molecule has 1 aliphatic rings. The van der Waals surface area contributed by atoms with Crippen molar-refractivity contribution in [2.75, 3.05) is 26.2 Å². The van der Waals surface area contributed by atoms with Crippen LogP contribution in [0.15, 0.2) is 47.3 Å². The number of H-pyrrole nitrogens is 1. The molecule has 0 spiro atoms. The first-order chi connectivity index (χ1) is 17.1. The Morgan fingerprint density at radius 2 is 1.64 bits per heavy atom. The molecule has 2 amide bonds. The Labute approximate surface area is 208 Å². The molecule has 0 bridgehead atoms. The smallest absolute Gasteiger partial charge is 0.290 e. The van der Waals surface area contributed by atoms with E-state index in [1.807, 2.05) is 6.07 Å². The highest BCUT2D eigenvalue weighted by Crippen LogP contribution is 2.21. The molecule has 0 saturated carbocycles. The van der Waals surface area contributed by atoms with Crippen molar-refractivity contribution in [2.24, 2.45) is 5.41 Å². The quantitative estimate of drug-likeness (QED) is 0.564. The Bertz CT molecular complexity index is 1390. The number of nitrogens with one attached hydrogen (secondary N) is 1. The van der Waals surface area contributed by atoms with Crippen molar-refractivity contribution in [1.82, 2.24) is 20.0 Å². The number of carbonyl (C=O) groups excluding carboxylic acids is 3. The minimum absolute atomic E-state index is 0.0632. The van der Waals surface area contributed by atoms with Crippen LogP contribution in [0.3, 0.4) is 0 Å². The second-order valence-corrected chi connectivity index (χ2v) is 10.1.